The SMILES string of the molecule is Cc1cc([N+](=O)[O-])cc(C(=O)NCC(C)(O)CO)c1F. The molecule has 0 aliphatic heterocycles. The van der Waals surface area contributed by atoms with Gasteiger partial charge in [0.05, 0.1) is 17.1 Å². The molecule has 0 aromatic heterocycles. The molecule has 0 heterocycles. The number of aliphatic hydroxyl groups excluding tert-OH is 1. The second-order valence-corrected chi connectivity index (χ2v) is 4.72. The van der Waals surface area contributed by atoms with E-state index < -0.39 is 40.1 Å². The van der Waals surface area contributed by atoms with Gasteiger partial charge < -0.3 is 15.5 Å². The van der Waals surface area contributed by atoms with Gasteiger partial charge in [-0.1, -0.05) is 0 Å². The van der Waals surface area contributed by atoms with E-state index in [-0.39, 0.29) is 12.1 Å². The van der Waals surface area contributed by atoms with Gasteiger partial charge in [-0.3, -0.25) is 14.9 Å². The zero-order valence-electron chi connectivity index (χ0n) is 11.0. The summed E-state index contributed by atoms with van der Waals surface area (Å²) in [6, 6.07) is 1.85. The molecule has 0 saturated carbocycles. The van der Waals surface area contributed by atoms with E-state index in [0.29, 0.717) is 0 Å². The fourth-order valence-corrected chi connectivity index (χ4v) is 1.44. The predicted molar refractivity (Wildman–Crippen MR) is 67.8 cm³/mol. The normalized spacial score (nSPS) is 13.7. The first kappa shape index (κ1) is 16.0. The number of carbonyl (C=O) groups excluding carboxylic acids is 1. The molecule has 1 aromatic carbocycles. The fourth-order valence-electron chi connectivity index (χ4n) is 1.44. The summed E-state index contributed by atoms with van der Waals surface area (Å²) in [6.07, 6.45) is 0. The Balaban J connectivity index is 3.01. The topological polar surface area (TPSA) is 113 Å². The largest absolute Gasteiger partial charge is 0.393 e. The Bertz CT molecular complexity index is 545. The minimum absolute atomic E-state index is 0.0294. The molecule has 0 spiro atoms. The van der Waals surface area contributed by atoms with E-state index in [1.54, 1.807) is 0 Å². The average Bonchev–Trinajstić information content (AvgIpc) is 2.38. The maximum absolute atomic E-state index is 13.8. The molecule has 8 heteroatoms. The van der Waals surface area contributed by atoms with Crippen molar-refractivity contribution in [2.24, 2.45) is 0 Å². The van der Waals surface area contributed by atoms with Crippen molar-refractivity contribution < 1.29 is 24.3 Å². The first-order chi connectivity index (χ1) is 9.18. The number of nitrogens with zero attached hydrogens (tertiary/aromatic N) is 1. The summed E-state index contributed by atoms with van der Waals surface area (Å²) in [7, 11) is 0. The van der Waals surface area contributed by atoms with Crippen LogP contribution in [0.1, 0.15) is 22.8 Å². The van der Waals surface area contributed by atoms with Crippen LogP contribution in [0.15, 0.2) is 12.1 Å². The van der Waals surface area contributed by atoms with Gasteiger partial charge in [-0.25, -0.2) is 4.39 Å². The molecule has 1 atom stereocenters. The summed E-state index contributed by atoms with van der Waals surface area (Å²) in [5.74, 6) is -1.76. The van der Waals surface area contributed by atoms with Gasteiger partial charge >= 0.3 is 0 Å². The van der Waals surface area contributed by atoms with E-state index in [9.17, 15) is 24.4 Å². The molecule has 1 unspecified atom stereocenters. The van der Waals surface area contributed by atoms with Crippen LogP contribution in [-0.4, -0.2) is 39.8 Å². The lowest BCUT2D eigenvalue weighted by atomic mass is 10.1. The highest BCUT2D eigenvalue weighted by Gasteiger charge is 2.23. The molecular formula is C12H15FN2O5. The van der Waals surface area contributed by atoms with Crippen LogP contribution < -0.4 is 5.32 Å². The Morgan fingerprint density at radius 3 is 2.65 bits per heavy atom. The van der Waals surface area contributed by atoms with Crippen LogP contribution in [0.4, 0.5) is 10.1 Å². The van der Waals surface area contributed by atoms with Crippen LogP contribution in [0.25, 0.3) is 0 Å². The number of aliphatic hydroxyl groups is 2. The number of nitro benzene ring substituents is 1. The van der Waals surface area contributed by atoms with Crippen molar-refractivity contribution in [1.82, 2.24) is 5.32 Å². The van der Waals surface area contributed by atoms with Crippen LogP contribution in [0.2, 0.25) is 0 Å². The van der Waals surface area contributed by atoms with Gasteiger partial charge in [-0.2, -0.15) is 0 Å². The molecule has 1 aromatic rings. The highest BCUT2D eigenvalue weighted by Crippen LogP contribution is 2.21. The number of aryl methyl sites for hydroxylation is 1. The summed E-state index contributed by atoms with van der Waals surface area (Å²) in [6.45, 7) is 1.68. The Hall–Kier alpha value is -2.06. The van der Waals surface area contributed by atoms with Crippen molar-refractivity contribution in [3.05, 3.63) is 39.2 Å². The van der Waals surface area contributed by atoms with Crippen LogP contribution in [0.5, 0.6) is 0 Å². The summed E-state index contributed by atoms with van der Waals surface area (Å²) >= 11 is 0. The van der Waals surface area contributed by atoms with Crippen LogP contribution in [0.3, 0.4) is 0 Å². The van der Waals surface area contributed by atoms with Crippen molar-refractivity contribution in [2.75, 3.05) is 13.2 Å². The number of amides is 1. The van der Waals surface area contributed by atoms with E-state index in [1.807, 2.05) is 0 Å². The number of nitro groups is 1. The second kappa shape index (κ2) is 5.93. The van der Waals surface area contributed by atoms with E-state index in [4.69, 9.17) is 5.11 Å². The van der Waals surface area contributed by atoms with Gasteiger partial charge in [0.15, 0.2) is 0 Å². The predicted octanol–water partition coefficient (Wildman–Crippen LogP) is 0.515. The summed E-state index contributed by atoms with van der Waals surface area (Å²) in [4.78, 5) is 21.7. The lowest BCUT2D eigenvalue weighted by Gasteiger charge is -2.20. The molecule has 1 rings (SSSR count). The van der Waals surface area contributed by atoms with Gasteiger partial charge in [0.2, 0.25) is 0 Å². The maximum atomic E-state index is 13.8. The lowest BCUT2D eigenvalue weighted by molar-refractivity contribution is -0.385. The summed E-state index contributed by atoms with van der Waals surface area (Å²) in [5, 5.41) is 31.2. The molecule has 0 saturated heterocycles. The number of hydrogen-bond donors (Lipinski definition) is 3. The third kappa shape index (κ3) is 3.72. The minimum atomic E-state index is -1.55. The first-order valence-corrected chi connectivity index (χ1v) is 5.74. The zero-order chi connectivity index (χ0) is 15.5. The standard InChI is InChI=1S/C12H15FN2O5/c1-7-3-8(15(19)20)4-9(10(7)13)11(17)14-5-12(2,18)6-16/h3-4,16,18H,5-6H2,1-2H3,(H,14,17). The lowest BCUT2D eigenvalue weighted by Crippen LogP contribution is -2.43. The molecule has 1 amide bonds. The second-order valence-electron chi connectivity index (χ2n) is 4.72. The number of halogens is 1. The van der Waals surface area contributed by atoms with Crippen molar-refractivity contribution in [3.8, 4) is 0 Å². The number of rotatable bonds is 5. The molecule has 3 N–H and O–H groups in total. The molecule has 110 valence electrons. The highest BCUT2D eigenvalue weighted by molar-refractivity contribution is 5.95. The number of hydrogen-bond acceptors (Lipinski definition) is 5. The third-order valence-corrected chi connectivity index (χ3v) is 2.67. The van der Waals surface area contributed by atoms with Gasteiger partial charge in [-0.15, -0.1) is 0 Å². The Morgan fingerprint density at radius 2 is 2.15 bits per heavy atom. The maximum Gasteiger partial charge on any atom is 0.270 e. The molecule has 0 bridgehead atoms. The van der Waals surface area contributed by atoms with Gasteiger partial charge in [0, 0.05) is 18.7 Å². The summed E-state index contributed by atoms with van der Waals surface area (Å²) in [5.41, 5.74) is -2.46. The van der Waals surface area contributed by atoms with Gasteiger partial charge in [-0.05, 0) is 19.4 Å². The van der Waals surface area contributed by atoms with Gasteiger partial charge in [0.1, 0.15) is 11.4 Å². The minimum Gasteiger partial charge on any atom is -0.393 e. The monoisotopic (exact) mass is 286 g/mol. The van der Waals surface area contributed by atoms with E-state index in [0.717, 1.165) is 12.1 Å². The molecule has 0 aliphatic carbocycles. The Morgan fingerprint density at radius 1 is 1.55 bits per heavy atom. The van der Waals surface area contributed by atoms with E-state index in [2.05, 4.69) is 5.32 Å². The molecule has 20 heavy (non-hydrogen) atoms. The van der Waals surface area contributed by atoms with Crippen LogP contribution in [0, 0.1) is 22.9 Å². The zero-order valence-corrected chi connectivity index (χ0v) is 11.0. The van der Waals surface area contributed by atoms with E-state index >= 15 is 0 Å². The Kier molecular flexibility index (Phi) is 4.74. The smallest absolute Gasteiger partial charge is 0.270 e. The number of carbonyl (C=O) groups is 1. The van der Waals surface area contributed by atoms with Crippen LogP contribution >= 0.6 is 0 Å². The first-order valence-electron chi connectivity index (χ1n) is 5.74. The molecule has 7 nitrogen and oxygen atoms in total. The molecular weight excluding hydrogens is 271 g/mol. The van der Waals surface area contributed by atoms with Crippen molar-refractivity contribution in [3.63, 3.8) is 0 Å². The van der Waals surface area contributed by atoms with Crippen LogP contribution in [-0.2, 0) is 0 Å². The third-order valence-electron chi connectivity index (χ3n) is 2.67. The molecule has 0 aliphatic rings. The van der Waals surface area contributed by atoms with Gasteiger partial charge in [0.25, 0.3) is 11.6 Å². The molecule has 0 radical (unpaired) electrons. The van der Waals surface area contributed by atoms with Crippen molar-refractivity contribution in [2.45, 2.75) is 19.4 Å². The molecule has 0 fully saturated rings. The number of nitrogens with one attached hydrogen (secondary N) is 1. The number of benzene rings is 1. The fraction of sp³-hybridized carbons (Fsp3) is 0.417. The highest BCUT2D eigenvalue weighted by atomic mass is 19.1. The quantitative estimate of drug-likeness (QED) is 0.539. The number of non-ortho nitro benzene ring substituents is 1. The van der Waals surface area contributed by atoms with Crippen molar-refractivity contribution in [1.29, 1.82) is 0 Å². The summed E-state index contributed by atoms with van der Waals surface area (Å²) < 4.78 is 13.8. The van der Waals surface area contributed by atoms with Crippen molar-refractivity contribution >= 4 is 11.6 Å². The average molecular weight is 286 g/mol. The van der Waals surface area contributed by atoms with E-state index in [1.165, 1.54) is 13.8 Å². The Labute approximate surface area is 114 Å².